The third-order valence-corrected chi connectivity index (χ3v) is 5.06. The number of hydrogen-bond acceptors (Lipinski definition) is 7. The average molecular weight is 361 g/mol. The Kier molecular flexibility index (Phi) is 3.71. The summed E-state index contributed by atoms with van der Waals surface area (Å²) in [5.41, 5.74) is -0.920. The van der Waals surface area contributed by atoms with Gasteiger partial charge in [-0.15, -0.1) is 16.4 Å². The number of nitrogens with one attached hydrogen (secondary N) is 3. The van der Waals surface area contributed by atoms with E-state index in [2.05, 4.69) is 31.1 Å². The second-order valence-corrected chi connectivity index (χ2v) is 7.00. The molecule has 10 nitrogen and oxygen atoms in total. The maximum Gasteiger partial charge on any atom is 0.322 e. The van der Waals surface area contributed by atoms with E-state index in [1.807, 2.05) is 5.38 Å². The fourth-order valence-electron chi connectivity index (χ4n) is 2.88. The van der Waals surface area contributed by atoms with Crippen LogP contribution in [0.3, 0.4) is 0 Å². The third-order valence-electron chi connectivity index (χ3n) is 4.30. The second-order valence-electron chi connectivity index (χ2n) is 6.02. The number of nitrogens with zero attached hydrogens (tertiary/aromatic N) is 4. The van der Waals surface area contributed by atoms with Crippen molar-refractivity contribution >= 4 is 29.2 Å². The van der Waals surface area contributed by atoms with Gasteiger partial charge in [0.05, 0.1) is 12.7 Å². The molecular formula is C14H15N7O3S. The molecule has 2 fully saturated rings. The Morgan fingerprint density at radius 3 is 2.92 bits per heavy atom. The molecule has 11 heteroatoms. The van der Waals surface area contributed by atoms with Crippen molar-refractivity contribution in [2.45, 2.75) is 24.9 Å². The lowest BCUT2D eigenvalue weighted by Gasteiger charge is -2.25. The highest BCUT2D eigenvalue weighted by Gasteiger charge is 2.56. The molecule has 0 spiro atoms. The minimum atomic E-state index is -1.07. The zero-order chi connectivity index (χ0) is 17.4. The monoisotopic (exact) mass is 361 g/mol. The summed E-state index contributed by atoms with van der Waals surface area (Å²) in [4.78, 5) is 41.4. The molecule has 25 heavy (non-hydrogen) atoms. The summed E-state index contributed by atoms with van der Waals surface area (Å²) in [7, 11) is 0. The Balaban J connectivity index is 1.41. The van der Waals surface area contributed by atoms with Gasteiger partial charge in [-0.3, -0.25) is 14.9 Å². The lowest BCUT2D eigenvalue weighted by atomic mass is 9.93. The van der Waals surface area contributed by atoms with Crippen LogP contribution >= 0.6 is 11.3 Å². The molecule has 4 rings (SSSR count). The van der Waals surface area contributed by atoms with E-state index in [9.17, 15) is 14.4 Å². The summed E-state index contributed by atoms with van der Waals surface area (Å²) >= 11 is 1.48. The van der Waals surface area contributed by atoms with Crippen molar-refractivity contribution < 1.29 is 14.4 Å². The van der Waals surface area contributed by atoms with E-state index in [0.717, 1.165) is 17.8 Å². The van der Waals surface area contributed by atoms with Crippen LogP contribution in [0.1, 0.15) is 28.3 Å². The van der Waals surface area contributed by atoms with Crippen molar-refractivity contribution in [1.82, 2.24) is 35.9 Å². The van der Waals surface area contributed by atoms with Gasteiger partial charge in [0.1, 0.15) is 17.1 Å². The largest absolute Gasteiger partial charge is 0.348 e. The fourth-order valence-corrected chi connectivity index (χ4v) is 3.47. The normalized spacial score (nSPS) is 22.6. The Labute approximate surface area is 146 Å². The smallest absolute Gasteiger partial charge is 0.322 e. The van der Waals surface area contributed by atoms with Crippen molar-refractivity contribution in [3.05, 3.63) is 28.5 Å². The van der Waals surface area contributed by atoms with E-state index >= 15 is 0 Å². The van der Waals surface area contributed by atoms with E-state index < -0.39 is 23.4 Å². The molecule has 2 aliphatic rings. The maximum atomic E-state index is 12.3. The summed E-state index contributed by atoms with van der Waals surface area (Å²) < 4.78 is 0. The predicted octanol–water partition coefficient (Wildman–Crippen LogP) is -0.499. The van der Waals surface area contributed by atoms with Gasteiger partial charge in [0.15, 0.2) is 5.69 Å². The lowest BCUT2D eigenvalue weighted by molar-refractivity contribution is -0.124. The molecule has 1 saturated heterocycles. The molecule has 1 atom stereocenters. The van der Waals surface area contributed by atoms with Crippen molar-refractivity contribution in [3.63, 3.8) is 0 Å². The Hall–Kier alpha value is -2.82. The van der Waals surface area contributed by atoms with Gasteiger partial charge in [-0.2, -0.15) is 9.90 Å². The first-order chi connectivity index (χ1) is 12.1. The first-order valence-corrected chi connectivity index (χ1v) is 8.65. The van der Waals surface area contributed by atoms with Crippen LogP contribution in [0.4, 0.5) is 4.79 Å². The van der Waals surface area contributed by atoms with Crippen LogP contribution in [0.5, 0.6) is 0 Å². The minimum absolute atomic E-state index is 0.0212. The van der Waals surface area contributed by atoms with Crippen LogP contribution in [0, 0.1) is 5.92 Å². The molecule has 0 bridgehead atoms. The molecule has 0 radical (unpaired) electrons. The number of thiazole rings is 1. The summed E-state index contributed by atoms with van der Waals surface area (Å²) in [5.74, 6) is -0.799. The number of urea groups is 1. The summed E-state index contributed by atoms with van der Waals surface area (Å²) in [6.45, 7) is 0.406. The highest BCUT2D eigenvalue weighted by molar-refractivity contribution is 7.09. The number of aromatic nitrogens is 4. The summed E-state index contributed by atoms with van der Waals surface area (Å²) in [5, 5.41) is 18.4. The van der Waals surface area contributed by atoms with Crippen LogP contribution in [0.2, 0.25) is 0 Å². The molecule has 4 amide bonds. The second kappa shape index (κ2) is 5.92. The zero-order valence-corrected chi connectivity index (χ0v) is 13.9. The van der Waals surface area contributed by atoms with Crippen molar-refractivity contribution in [2.75, 3.05) is 6.54 Å². The number of carbonyl (C=O) groups is 3. The number of carbonyl (C=O) groups excluding carboxylic acids is 3. The van der Waals surface area contributed by atoms with Crippen LogP contribution < -0.4 is 16.0 Å². The van der Waals surface area contributed by atoms with Crippen LogP contribution in [0.15, 0.2) is 17.8 Å². The van der Waals surface area contributed by atoms with Crippen molar-refractivity contribution in [3.8, 4) is 0 Å². The number of rotatable bonds is 6. The number of hydrogen-bond donors (Lipinski definition) is 3. The van der Waals surface area contributed by atoms with E-state index in [-0.39, 0.29) is 18.2 Å². The van der Waals surface area contributed by atoms with Gasteiger partial charge in [-0.05, 0) is 18.8 Å². The molecule has 0 unspecified atom stereocenters. The molecule has 1 aliphatic heterocycles. The van der Waals surface area contributed by atoms with Crippen molar-refractivity contribution in [2.24, 2.45) is 5.92 Å². The molecule has 1 saturated carbocycles. The third kappa shape index (κ3) is 2.97. The standard InChI is InChI=1S/C14H15N7O3S/c22-11(9-5-17-21(20-9)6-10-15-3-4-25-10)16-7-14(8-1-2-8)12(23)18-13(24)19-14/h3-5,8H,1-2,6-7H2,(H,16,22)(H2,18,19,23,24)/t14-/m0/s1. The van der Waals surface area contributed by atoms with Gasteiger partial charge in [-0.1, -0.05) is 0 Å². The van der Waals surface area contributed by atoms with Gasteiger partial charge in [0.2, 0.25) is 0 Å². The fraction of sp³-hybridized carbons (Fsp3) is 0.429. The molecule has 2 aromatic rings. The van der Waals surface area contributed by atoms with Crippen LogP contribution in [-0.4, -0.2) is 49.9 Å². The molecule has 3 N–H and O–H groups in total. The van der Waals surface area contributed by atoms with E-state index in [0.29, 0.717) is 6.54 Å². The molecule has 3 heterocycles. The number of imide groups is 1. The van der Waals surface area contributed by atoms with E-state index in [4.69, 9.17) is 0 Å². The Bertz CT molecular complexity index is 829. The molecule has 1 aliphatic carbocycles. The maximum absolute atomic E-state index is 12.3. The first kappa shape index (κ1) is 15.7. The zero-order valence-electron chi connectivity index (χ0n) is 13.1. The van der Waals surface area contributed by atoms with E-state index in [1.165, 1.54) is 22.3 Å². The molecule has 0 aromatic carbocycles. The highest BCUT2D eigenvalue weighted by atomic mass is 32.1. The van der Waals surface area contributed by atoms with Gasteiger partial charge in [0.25, 0.3) is 11.8 Å². The Morgan fingerprint density at radius 2 is 2.28 bits per heavy atom. The van der Waals surface area contributed by atoms with Gasteiger partial charge < -0.3 is 10.6 Å². The quantitative estimate of drug-likeness (QED) is 0.595. The average Bonchev–Trinajstić information content (AvgIpc) is 3.01. The molecular weight excluding hydrogens is 346 g/mol. The van der Waals surface area contributed by atoms with Crippen molar-refractivity contribution in [1.29, 1.82) is 0 Å². The van der Waals surface area contributed by atoms with Gasteiger partial charge in [0, 0.05) is 11.6 Å². The lowest BCUT2D eigenvalue weighted by Crippen LogP contribution is -2.57. The molecule has 130 valence electrons. The topological polar surface area (TPSA) is 131 Å². The van der Waals surface area contributed by atoms with Gasteiger partial charge in [-0.25, -0.2) is 9.78 Å². The van der Waals surface area contributed by atoms with Crippen LogP contribution in [0.25, 0.3) is 0 Å². The molecule has 2 aromatic heterocycles. The van der Waals surface area contributed by atoms with Crippen LogP contribution in [-0.2, 0) is 11.3 Å². The highest BCUT2D eigenvalue weighted by Crippen LogP contribution is 2.41. The summed E-state index contributed by atoms with van der Waals surface area (Å²) in [6.07, 6.45) is 4.73. The predicted molar refractivity (Wildman–Crippen MR) is 85.7 cm³/mol. The summed E-state index contributed by atoms with van der Waals surface area (Å²) in [6, 6.07) is -0.527. The minimum Gasteiger partial charge on any atom is -0.348 e. The first-order valence-electron chi connectivity index (χ1n) is 7.77. The van der Waals surface area contributed by atoms with E-state index in [1.54, 1.807) is 6.20 Å². The SMILES string of the molecule is O=C1NC(=O)[C@](CNC(=O)c2cnn(Cc3nccs3)n2)(C2CC2)N1. The number of amides is 4. The Morgan fingerprint density at radius 1 is 1.44 bits per heavy atom. The van der Waals surface area contributed by atoms with Gasteiger partial charge >= 0.3 is 6.03 Å².